The molecule has 2 rings (SSSR count). The molecular weight excluding hydrogens is 542 g/mol. The Morgan fingerprint density at radius 1 is 1.12 bits per heavy atom. The van der Waals surface area contributed by atoms with Gasteiger partial charge in [0, 0.05) is 25.1 Å². The van der Waals surface area contributed by atoms with E-state index in [9.17, 15) is 29.1 Å². The van der Waals surface area contributed by atoms with Crippen molar-refractivity contribution in [3.8, 4) is 0 Å². The summed E-state index contributed by atoms with van der Waals surface area (Å²) in [6, 6.07) is 1.04. The highest BCUT2D eigenvalue weighted by Crippen LogP contribution is 2.39. The first-order valence-electron chi connectivity index (χ1n) is 13.3. The van der Waals surface area contributed by atoms with Crippen molar-refractivity contribution < 1.29 is 38.5 Å². The average molecular weight is 584 g/mol. The predicted molar refractivity (Wildman–Crippen MR) is 144 cm³/mol. The van der Waals surface area contributed by atoms with Crippen LogP contribution in [-0.2, 0) is 33.4 Å². The van der Waals surface area contributed by atoms with E-state index in [0.29, 0.717) is 12.8 Å². The lowest BCUT2D eigenvalue weighted by Crippen LogP contribution is -2.67. The van der Waals surface area contributed by atoms with Crippen molar-refractivity contribution in [2.75, 3.05) is 0 Å². The number of esters is 2. The molecule has 1 aliphatic heterocycles. The van der Waals surface area contributed by atoms with E-state index in [4.69, 9.17) is 30.2 Å². The van der Waals surface area contributed by atoms with E-state index in [1.807, 2.05) is 6.92 Å². The first-order valence-corrected chi connectivity index (χ1v) is 13.3. The number of aliphatic hydroxyl groups excluding tert-OH is 1. The van der Waals surface area contributed by atoms with Crippen LogP contribution in [-0.4, -0.2) is 72.5 Å². The second-order valence-corrected chi connectivity index (χ2v) is 11.7. The molecule has 1 aromatic rings. The number of H-pyrrole nitrogens is 1. The van der Waals surface area contributed by atoms with Gasteiger partial charge >= 0.3 is 23.2 Å². The number of nitrogens with one attached hydrogen (secondary N) is 2. The van der Waals surface area contributed by atoms with Crippen LogP contribution in [0.3, 0.4) is 0 Å². The molecule has 15 nitrogen and oxygen atoms in total. The summed E-state index contributed by atoms with van der Waals surface area (Å²) < 4.78 is 17.9. The van der Waals surface area contributed by atoms with Gasteiger partial charge in [-0.05, 0) is 48.0 Å². The monoisotopic (exact) mass is 583 g/mol. The molecule has 1 aliphatic rings. The van der Waals surface area contributed by atoms with Crippen molar-refractivity contribution in [3.63, 3.8) is 0 Å². The van der Waals surface area contributed by atoms with Gasteiger partial charge in [-0.3, -0.25) is 24.5 Å². The minimum Gasteiger partial charge on any atom is -0.457 e. The van der Waals surface area contributed by atoms with Crippen LogP contribution in [0.4, 0.5) is 0 Å². The molecule has 0 aromatic carbocycles. The SMILES string of the molecule is CCCCCC(=O)N(OC(C(=O)OC(C)(C)C)(C(=O)OC(C)(C)C)[C@H]1O[C@@H](n2ccc(=O)[nH]c2=O)C[C@@H]1O)C(=N)N. The van der Waals surface area contributed by atoms with Crippen LogP contribution in [0.5, 0.6) is 0 Å². The number of hydrogen-bond donors (Lipinski definition) is 4. The lowest BCUT2D eigenvalue weighted by Gasteiger charge is -2.40. The van der Waals surface area contributed by atoms with Crippen LogP contribution in [0.2, 0.25) is 0 Å². The third-order valence-electron chi connectivity index (χ3n) is 5.74. The molecule has 0 unspecified atom stereocenters. The van der Waals surface area contributed by atoms with Gasteiger partial charge in [0.05, 0.1) is 6.10 Å². The number of nitrogens with two attached hydrogens (primary N) is 1. The average Bonchev–Trinajstić information content (AvgIpc) is 3.18. The molecule has 0 aliphatic carbocycles. The zero-order chi connectivity index (χ0) is 31.3. The first kappa shape index (κ1) is 33.6. The Hall–Kier alpha value is -3.56. The fraction of sp³-hybridized carbons (Fsp3) is 0.692. The molecule has 15 heteroatoms. The lowest BCUT2D eigenvalue weighted by molar-refractivity contribution is -0.267. The van der Waals surface area contributed by atoms with Crippen molar-refractivity contribution in [1.82, 2.24) is 14.6 Å². The molecule has 2 heterocycles. The summed E-state index contributed by atoms with van der Waals surface area (Å²) in [5.41, 5.74) is -1.35. The van der Waals surface area contributed by atoms with E-state index in [2.05, 4.69) is 4.98 Å². The fourth-order valence-corrected chi connectivity index (χ4v) is 4.00. The maximum absolute atomic E-state index is 13.9. The van der Waals surface area contributed by atoms with Gasteiger partial charge in [-0.1, -0.05) is 19.8 Å². The van der Waals surface area contributed by atoms with E-state index in [1.165, 1.54) is 41.5 Å². The van der Waals surface area contributed by atoms with Crippen molar-refractivity contribution in [2.45, 2.75) is 116 Å². The highest BCUT2D eigenvalue weighted by Gasteiger charge is 2.66. The van der Waals surface area contributed by atoms with Crippen molar-refractivity contribution >= 4 is 23.8 Å². The fourth-order valence-electron chi connectivity index (χ4n) is 4.00. The number of aromatic nitrogens is 2. The smallest absolute Gasteiger partial charge is 0.356 e. The minimum absolute atomic E-state index is 0.143. The van der Waals surface area contributed by atoms with Crippen LogP contribution in [0.1, 0.15) is 86.8 Å². The number of unbranched alkanes of at least 4 members (excludes halogenated alkanes) is 2. The summed E-state index contributed by atoms with van der Waals surface area (Å²) in [6.45, 7) is 11.0. The number of aliphatic hydroxyl groups is 1. The Morgan fingerprint density at radius 2 is 1.68 bits per heavy atom. The quantitative estimate of drug-likeness (QED) is 0.0755. The van der Waals surface area contributed by atoms with Crippen LogP contribution in [0.15, 0.2) is 21.9 Å². The van der Waals surface area contributed by atoms with Crippen LogP contribution < -0.4 is 17.0 Å². The highest BCUT2D eigenvalue weighted by atomic mass is 16.8. The number of ether oxygens (including phenoxy) is 3. The molecule has 0 radical (unpaired) electrons. The number of hydrogen-bond acceptors (Lipinski definition) is 11. The Balaban J connectivity index is 2.74. The Bertz CT molecular complexity index is 1210. The highest BCUT2D eigenvalue weighted by molar-refractivity contribution is 6.06. The predicted octanol–water partition coefficient (Wildman–Crippen LogP) is 0.841. The molecule has 230 valence electrons. The Kier molecular flexibility index (Phi) is 10.6. The largest absolute Gasteiger partial charge is 0.457 e. The standard InChI is InChI=1S/C26H41N5O10/c1-8-9-10-11-17(34)31(22(27)28)41-26(20(35)39-24(2,3)4,21(36)40-25(5,6)7)19-15(32)14-18(38-19)30-13-12-16(33)29-23(30)37/h12-13,15,18-19,32H,8-11,14H2,1-7H3,(H3,27,28)(H,29,33,37)/t15-,18+,19-/m0/s1. The van der Waals surface area contributed by atoms with E-state index in [1.54, 1.807) is 0 Å². The molecule has 1 fully saturated rings. The van der Waals surface area contributed by atoms with Gasteiger partial charge in [0.2, 0.25) is 5.96 Å². The van der Waals surface area contributed by atoms with Gasteiger partial charge in [0.15, 0.2) is 0 Å². The number of hydroxylamine groups is 2. The van der Waals surface area contributed by atoms with Crippen LogP contribution in [0, 0.1) is 5.41 Å². The van der Waals surface area contributed by atoms with Crippen molar-refractivity contribution in [1.29, 1.82) is 5.41 Å². The molecule has 1 amide bonds. The minimum atomic E-state index is -3.04. The zero-order valence-electron chi connectivity index (χ0n) is 24.5. The van der Waals surface area contributed by atoms with Gasteiger partial charge < -0.3 is 25.1 Å². The number of guanidine groups is 1. The second kappa shape index (κ2) is 13.0. The van der Waals surface area contributed by atoms with Gasteiger partial charge in [-0.15, -0.1) is 0 Å². The van der Waals surface area contributed by atoms with Crippen molar-refractivity contribution in [2.24, 2.45) is 5.73 Å². The second-order valence-electron chi connectivity index (χ2n) is 11.7. The summed E-state index contributed by atoms with van der Waals surface area (Å²) in [5.74, 6) is -4.59. The molecule has 41 heavy (non-hydrogen) atoms. The summed E-state index contributed by atoms with van der Waals surface area (Å²) in [7, 11) is 0. The molecule has 0 saturated carbocycles. The maximum Gasteiger partial charge on any atom is 0.356 e. The number of aromatic amines is 1. The van der Waals surface area contributed by atoms with Crippen LogP contribution >= 0.6 is 0 Å². The third kappa shape index (κ3) is 8.47. The first-order chi connectivity index (χ1) is 18.8. The molecular formula is C26H41N5O10. The molecule has 1 aromatic heterocycles. The number of rotatable bonds is 10. The summed E-state index contributed by atoms with van der Waals surface area (Å²) in [6.07, 6.45) is -2.43. The molecule has 3 atom stereocenters. The van der Waals surface area contributed by atoms with E-state index in [-0.39, 0.29) is 17.9 Å². The number of nitrogens with zero attached hydrogens (tertiary/aromatic N) is 2. The lowest BCUT2D eigenvalue weighted by atomic mass is 9.91. The van der Waals surface area contributed by atoms with Gasteiger partial charge in [-0.2, -0.15) is 5.06 Å². The zero-order valence-corrected chi connectivity index (χ0v) is 24.5. The number of carbonyl (C=O) groups excluding carboxylic acids is 3. The third-order valence-corrected chi connectivity index (χ3v) is 5.74. The van der Waals surface area contributed by atoms with Gasteiger partial charge in [-0.25, -0.2) is 19.2 Å². The molecule has 5 N–H and O–H groups in total. The molecule has 0 bridgehead atoms. The number of amides is 1. The Labute approximate surface area is 237 Å². The summed E-state index contributed by atoms with van der Waals surface area (Å²) in [5, 5.41) is 19.4. The van der Waals surface area contributed by atoms with Crippen molar-refractivity contribution in [3.05, 3.63) is 33.1 Å². The maximum atomic E-state index is 13.9. The molecule has 0 spiro atoms. The number of carbonyl (C=O) groups is 3. The van der Waals surface area contributed by atoms with Crippen LogP contribution in [0.25, 0.3) is 0 Å². The topological polar surface area (TPSA) is 216 Å². The Morgan fingerprint density at radius 3 is 2.15 bits per heavy atom. The molecule has 1 saturated heterocycles. The van der Waals surface area contributed by atoms with E-state index in [0.717, 1.165) is 23.3 Å². The van der Waals surface area contributed by atoms with E-state index >= 15 is 0 Å². The van der Waals surface area contributed by atoms with Gasteiger partial charge in [0.1, 0.15) is 23.5 Å². The summed E-state index contributed by atoms with van der Waals surface area (Å²) >= 11 is 0. The normalized spacial score (nSPS) is 19.5. The summed E-state index contributed by atoms with van der Waals surface area (Å²) in [4.78, 5) is 72.8. The van der Waals surface area contributed by atoms with E-state index < -0.39 is 70.3 Å². The van der Waals surface area contributed by atoms with Gasteiger partial charge in [0.25, 0.3) is 11.5 Å².